The van der Waals surface area contributed by atoms with Crippen molar-refractivity contribution in [2.45, 2.75) is 31.7 Å². The highest BCUT2D eigenvalue weighted by molar-refractivity contribution is 6.06. The minimum atomic E-state index is -0.473. The van der Waals surface area contributed by atoms with E-state index in [9.17, 15) is 14.4 Å². The van der Waals surface area contributed by atoms with Crippen LogP contribution < -0.4 is 16.0 Å². The van der Waals surface area contributed by atoms with Crippen molar-refractivity contribution < 1.29 is 14.4 Å². The van der Waals surface area contributed by atoms with Crippen LogP contribution in [0.25, 0.3) is 10.9 Å². The molecular formula is C18H22N4O3. The van der Waals surface area contributed by atoms with Crippen LogP contribution in [0.4, 0.5) is 0 Å². The van der Waals surface area contributed by atoms with Gasteiger partial charge in [0, 0.05) is 36.6 Å². The van der Waals surface area contributed by atoms with Gasteiger partial charge in [-0.25, -0.2) is 0 Å². The molecule has 0 radical (unpaired) electrons. The van der Waals surface area contributed by atoms with Crippen LogP contribution in [0.5, 0.6) is 0 Å². The quantitative estimate of drug-likeness (QED) is 0.653. The third kappa shape index (κ3) is 4.17. The van der Waals surface area contributed by atoms with E-state index < -0.39 is 6.04 Å². The second-order valence-electron chi connectivity index (χ2n) is 6.16. The molecule has 3 amide bonds. The molecule has 1 aliphatic heterocycles. The van der Waals surface area contributed by atoms with E-state index in [2.05, 4.69) is 20.9 Å². The molecule has 0 spiro atoms. The summed E-state index contributed by atoms with van der Waals surface area (Å²) in [5.41, 5.74) is 1.45. The summed E-state index contributed by atoms with van der Waals surface area (Å²) in [5.74, 6) is -0.590. The molecule has 0 unspecified atom stereocenters. The zero-order valence-electron chi connectivity index (χ0n) is 13.9. The first-order valence-corrected chi connectivity index (χ1v) is 8.56. The van der Waals surface area contributed by atoms with Crippen LogP contribution in [-0.4, -0.2) is 41.8 Å². The molecule has 2 aromatic rings. The van der Waals surface area contributed by atoms with E-state index in [-0.39, 0.29) is 30.7 Å². The summed E-state index contributed by atoms with van der Waals surface area (Å²) in [7, 11) is 0. The lowest BCUT2D eigenvalue weighted by Crippen LogP contribution is -2.46. The first-order valence-electron chi connectivity index (χ1n) is 8.56. The molecule has 132 valence electrons. The monoisotopic (exact) mass is 342 g/mol. The van der Waals surface area contributed by atoms with Gasteiger partial charge in [0.05, 0.1) is 5.56 Å². The van der Waals surface area contributed by atoms with Crippen molar-refractivity contribution in [1.29, 1.82) is 0 Å². The second-order valence-corrected chi connectivity index (χ2v) is 6.16. The van der Waals surface area contributed by atoms with Crippen LogP contribution in [0.3, 0.4) is 0 Å². The Kier molecular flexibility index (Phi) is 5.33. The van der Waals surface area contributed by atoms with E-state index in [4.69, 9.17) is 0 Å². The van der Waals surface area contributed by atoms with Crippen LogP contribution in [-0.2, 0) is 9.59 Å². The van der Waals surface area contributed by atoms with Gasteiger partial charge in [-0.2, -0.15) is 0 Å². The predicted molar refractivity (Wildman–Crippen MR) is 94.0 cm³/mol. The number of aromatic amines is 1. The molecular weight excluding hydrogens is 320 g/mol. The van der Waals surface area contributed by atoms with Gasteiger partial charge in [-0.1, -0.05) is 18.2 Å². The largest absolute Gasteiger partial charge is 0.360 e. The molecule has 1 saturated heterocycles. The van der Waals surface area contributed by atoms with Crippen LogP contribution >= 0.6 is 0 Å². The van der Waals surface area contributed by atoms with E-state index in [1.807, 2.05) is 24.3 Å². The minimum absolute atomic E-state index is 0.131. The molecule has 2 heterocycles. The molecule has 3 rings (SSSR count). The van der Waals surface area contributed by atoms with E-state index >= 15 is 0 Å². The number of carbonyl (C=O) groups excluding carboxylic acids is 3. The van der Waals surface area contributed by atoms with Gasteiger partial charge in [-0.3, -0.25) is 14.4 Å². The molecule has 4 N–H and O–H groups in total. The Morgan fingerprint density at radius 1 is 1.20 bits per heavy atom. The van der Waals surface area contributed by atoms with Crippen molar-refractivity contribution in [3.8, 4) is 0 Å². The number of hydrogen-bond acceptors (Lipinski definition) is 3. The Morgan fingerprint density at radius 2 is 2.04 bits per heavy atom. The number of nitrogens with one attached hydrogen (secondary N) is 4. The summed E-state index contributed by atoms with van der Waals surface area (Å²) >= 11 is 0. The van der Waals surface area contributed by atoms with Crippen molar-refractivity contribution in [3.05, 3.63) is 36.0 Å². The molecule has 1 aliphatic rings. The first kappa shape index (κ1) is 17.0. The first-order chi connectivity index (χ1) is 12.1. The van der Waals surface area contributed by atoms with Crippen molar-refractivity contribution >= 4 is 28.6 Å². The summed E-state index contributed by atoms with van der Waals surface area (Å²) in [6.07, 6.45) is 4.28. The fourth-order valence-corrected chi connectivity index (χ4v) is 2.99. The van der Waals surface area contributed by atoms with Crippen molar-refractivity contribution in [3.63, 3.8) is 0 Å². The van der Waals surface area contributed by atoms with Crippen molar-refractivity contribution in [1.82, 2.24) is 20.9 Å². The lowest BCUT2D eigenvalue weighted by Gasteiger charge is -2.15. The van der Waals surface area contributed by atoms with Crippen LogP contribution in [0.2, 0.25) is 0 Å². The van der Waals surface area contributed by atoms with E-state index in [1.54, 1.807) is 6.20 Å². The number of carbonyl (C=O) groups is 3. The molecule has 0 saturated carbocycles. The molecule has 1 fully saturated rings. The molecule has 1 aromatic carbocycles. The van der Waals surface area contributed by atoms with Gasteiger partial charge in [-0.05, 0) is 25.3 Å². The third-order valence-electron chi connectivity index (χ3n) is 4.34. The average molecular weight is 342 g/mol. The van der Waals surface area contributed by atoms with Gasteiger partial charge < -0.3 is 20.9 Å². The van der Waals surface area contributed by atoms with E-state index in [0.717, 1.165) is 23.7 Å². The Hall–Kier alpha value is -2.83. The maximum atomic E-state index is 12.3. The maximum Gasteiger partial charge on any atom is 0.253 e. The highest BCUT2D eigenvalue weighted by Gasteiger charge is 2.22. The summed E-state index contributed by atoms with van der Waals surface area (Å²) in [5, 5.41) is 9.12. The SMILES string of the molecule is O=C(CCNC(=O)c1c[nH]c2ccccc12)N[C@@H]1CCCCNC1=O. The van der Waals surface area contributed by atoms with Crippen molar-refractivity contribution in [2.75, 3.05) is 13.1 Å². The lowest BCUT2D eigenvalue weighted by molar-refractivity contribution is -0.128. The smallest absolute Gasteiger partial charge is 0.253 e. The minimum Gasteiger partial charge on any atom is -0.360 e. The Balaban J connectivity index is 1.48. The lowest BCUT2D eigenvalue weighted by atomic mass is 10.1. The van der Waals surface area contributed by atoms with Gasteiger partial charge in [-0.15, -0.1) is 0 Å². The zero-order chi connectivity index (χ0) is 17.6. The van der Waals surface area contributed by atoms with Crippen LogP contribution in [0.1, 0.15) is 36.0 Å². The number of fused-ring (bicyclic) bond motifs is 1. The highest BCUT2D eigenvalue weighted by Crippen LogP contribution is 2.17. The number of para-hydroxylation sites is 1. The molecule has 7 nitrogen and oxygen atoms in total. The number of rotatable bonds is 5. The summed E-state index contributed by atoms with van der Waals surface area (Å²) in [6, 6.07) is 7.07. The fourth-order valence-electron chi connectivity index (χ4n) is 2.99. The molecule has 7 heteroatoms. The van der Waals surface area contributed by atoms with E-state index in [0.29, 0.717) is 18.5 Å². The number of benzene rings is 1. The molecule has 1 aromatic heterocycles. The van der Waals surface area contributed by atoms with E-state index in [1.165, 1.54) is 0 Å². The average Bonchev–Trinajstić information content (AvgIpc) is 2.94. The summed E-state index contributed by atoms with van der Waals surface area (Å²) in [4.78, 5) is 39.1. The Labute approximate surface area is 145 Å². The summed E-state index contributed by atoms with van der Waals surface area (Å²) in [6.45, 7) is 0.879. The maximum absolute atomic E-state index is 12.3. The van der Waals surface area contributed by atoms with Crippen LogP contribution in [0, 0.1) is 0 Å². The number of hydrogen-bond donors (Lipinski definition) is 4. The third-order valence-corrected chi connectivity index (χ3v) is 4.34. The number of amides is 3. The molecule has 0 aliphatic carbocycles. The normalized spacial score (nSPS) is 17.6. The van der Waals surface area contributed by atoms with Crippen LogP contribution in [0.15, 0.2) is 30.5 Å². The predicted octanol–water partition coefficient (Wildman–Crippen LogP) is 1.07. The Morgan fingerprint density at radius 3 is 2.92 bits per heavy atom. The Bertz CT molecular complexity index is 783. The van der Waals surface area contributed by atoms with Gasteiger partial charge >= 0.3 is 0 Å². The molecule has 1 atom stereocenters. The summed E-state index contributed by atoms with van der Waals surface area (Å²) < 4.78 is 0. The zero-order valence-corrected chi connectivity index (χ0v) is 13.9. The van der Waals surface area contributed by atoms with Gasteiger partial charge in [0.25, 0.3) is 5.91 Å². The van der Waals surface area contributed by atoms with Gasteiger partial charge in [0.2, 0.25) is 11.8 Å². The topological polar surface area (TPSA) is 103 Å². The number of H-pyrrole nitrogens is 1. The second kappa shape index (κ2) is 7.83. The van der Waals surface area contributed by atoms with Crippen molar-refractivity contribution in [2.24, 2.45) is 0 Å². The molecule has 25 heavy (non-hydrogen) atoms. The molecule has 0 bridgehead atoms. The standard InChI is InChI=1S/C18H22N4O3/c23-16(22-15-7-3-4-9-19-18(15)25)8-10-20-17(24)13-11-21-14-6-2-1-5-12(13)14/h1-2,5-6,11,15,21H,3-4,7-10H2,(H,19,25)(H,20,24)(H,22,23)/t15-/m1/s1. The highest BCUT2D eigenvalue weighted by atomic mass is 16.2. The van der Waals surface area contributed by atoms with Gasteiger partial charge in [0.1, 0.15) is 6.04 Å². The number of aromatic nitrogens is 1. The fraction of sp³-hybridized carbons (Fsp3) is 0.389. The van der Waals surface area contributed by atoms with Gasteiger partial charge in [0.15, 0.2) is 0 Å².